The zero-order valence-corrected chi connectivity index (χ0v) is 20.0. The molecule has 0 aromatic heterocycles. The molecule has 0 heterocycles. The summed E-state index contributed by atoms with van der Waals surface area (Å²) in [5.41, 5.74) is 4.47. The summed E-state index contributed by atoms with van der Waals surface area (Å²) in [6.07, 6.45) is 4.73. The van der Waals surface area contributed by atoms with Crippen LogP contribution >= 0.6 is 0 Å². The SMILES string of the molecule is C[NH2+]/C=C(\C=N)c1ccc(NC(=O)N(Cc2cc(C(C)C)c(OC)cc2C)C2CC2)cc1F. The minimum atomic E-state index is -0.477. The molecule has 2 amide bonds. The Bertz CT molecular complexity index is 1060. The molecule has 0 saturated heterocycles. The minimum Gasteiger partial charge on any atom is -0.496 e. The summed E-state index contributed by atoms with van der Waals surface area (Å²) in [7, 11) is 3.49. The quantitative estimate of drug-likeness (QED) is 0.483. The Morgan fingerprint density at radius 2 is 2.06 bits per heavy atom. The number of carbonyl (C=O) groups is 1. The minimum absolute atomic E-state index is 0.186. The number of hydrogen-bond donors (Lipinski definition) is 3. The van der Waals surface area contributed by atoms with Gasteiger partial charge in [0.25, 0.3) is 0 Å². The maximum atomic E-state index is 14.7. The smallest absolute Gasteiger partial charge is 0.322 e. The fourth-order valence-corrected chi connectivity index (χ4v) is 3.90. The number of amides is 2. The van der Waals surface area contributed by atoms with E-state index in [-0.39, 0.29) is 12.1 Å². The fraction of sp³-hybridized carbons (Fsp3) is 0.385. The topological polar surface area (TPSA) is 82.0 Å². The molecule has 4 N–H and O–H groups in total. The number of rotatable bonds is 9. The van der Waals surface area contributed by atoms with Crippen molar-refractivity contribution in [3.63, 3.8) is 0 Å². The number of nitrogens with two attached hydrogens (primary N) is 1. The number of aryl methyl sites for hydroxylation is 1. The van der Waals surface area contributed by atoms with Crippen molar-refractivity contribution in [3.8, 4) is 5.75 Å². The molecule has 1 saturated carbocycles. The third kappa shape index (κ3) is 5.79. The standard InChI is InChI=1S/C26H33FN4O2/c1-16(2)23-11-18(17(3)10-25(23)33-5)15-31(21-7-8-21)26(32)30-20-6-9-22(24(27)12-20)19(13-28)14-29-4/h6,9-14,16,21,28-29H,7-8,15H2,1-5H3,(H,30,32)/p+1/b19-14+,28-13?. The van der Waals surface area contributed by atoms with Crippen LogP contribution in [0, 0.1) is 18.2 Å². The number of nitrogens with zero attached hydrogens (tertiary/aromatic N) is 1. The van der Waals surface area contributed by atoms with Crippen molar-refractivity contribution in [1.82, 2.24) is 4.90 Å². The Morgan fingerprint density at radius 1 is 1.33 bits per heavy atom. The lowest BCUT2D eigenvalue weighted by atomic mass is 9.96. The Kier molecular flexibility index (Phi) is 7.87. The van der Waals surface area contributed by atoms with E-state index in [9.17, 15) is 9.18 Å². The van der Waals surface area contributed by atoms with Gasteiger partial charge in [-0.1, -0.05) is 13.8 Å². The summed E-state index contributed by atoms with van der Waals surface area (Å²) in [5, 5.41) is 12.1. The molecule has 0 aliphatic heterocycles. The van der Waals surface area contributed by atoms with Crippen molar-refractivity contribution in [1.29, 1.82) is 5.41 Å². The third-order valence-electron chi connectivity index (χ3n) is 5.93. The van der Waals surface area contributed by atoms with E-state index < -0.39 is 5.82 Å². The number of halogens is 1. The monoisotopic (exact) mass is 453 g/mol. The zero-order valence-electron chi connectivity index (χ0n) is 20.0. The number of hydrogen-bond acceptors (Lipinski definition) is 3. The van der Waals surface area contributed by atoms with Crippen LogP contribution in [0.25, 0.3) is 5.57 Å². The summed E-state index contributed by atoms with van der Waals surface area (Å²) >= 11 is 0. The molecule has 0 radical (unpaired) electrons. The second-order valence-electron chi connectivity index (χ2n) is 8.76. The Morgan fingerprint density at radius 3 is 2.61 bits per heavy atom. The van der Waals surface area contributed by atoms with Crippen LogP contribution in [0.5, 0.6) is 5.75 Å². The molecule has 3 rings (SSSR count). The lowest BCUT2D eigenvalue weighted by Gasteiger charge is -2.25. The van der Waals surface area contributed by atoms with Crippen LogP contribution < -0.4 is 15.4 Å². The number of quaternary nitrogens is 1. The van der Waals surface area contributed by atoms with E-state index >= 15 is 0 Å². The van der Waals surface area contributed by atoms with Crippen LogP contribution in [-0.4, -0.2) is 37.3 Å². The molecule has 1 fully saturated rings. The highest BCUT2D eigenvalue weighted by atomic mass is 19.1. The van der Waals surface area contributed by atoms with Gasteiger partial charge in [0, 0.05) is 30.1 Å². The Hall–Kier alpha value is -3.19. The molecule has 1 aliphatic carbocycles. The Balaban J connectivity index is 1.81. The third-order valence-corrected chi connectivity index (χ3v) is 5.93. The summed E-state index contributed by atoms with van der Waals surface area (Å²) in [4.78, 5) is 15.0. The lowest BCUT2D eigenvalue weighted by Crippen LogP contribution is -2.72. The maximum absolute atomic E-state index is 14.7. The number of nitrogens with one attached hydrogen (secondary N) is 2. The molecule has 1 aliphatic rings. The van der Waals surface area contributed by atoms with Crippen molar-refractivity contribution in [2.45, 2.75) is 52.1 Å². The van der Waals surface area contributed by atoms with Gasteiger partial charge < -0.3 is 25.7 Å². The normalized spacial score (nSPS) is 13.7. The second kappa shape index (κ2) is 10.6. The van der Waals surface area contributed by atoms with Gasteiger partial charge in [0.05, 0.1) is 19.7 Å². The van der Waals surface area contributed by atoms with Gasteiger partial charge in [-0.25, -0.2) is 9.18 Å². The summed E-state index contributed by atoms with van der Waals surface area (Å²) in [6, 6.07) is 8.68. The second-order valence-corrected chi connectivity index (χ2v) is 8.76. The van der Waals surface area contributed by atoms with E-state index in [0.29, 0.717) is 29.3 Å². The van der Waals surface area contributed by atoms with Gasteiger partial charge in [-0.2, -0.15) is 0 Å². The number of carbonyl (C=O) groups excluding carboxylic acids is 1. The summed E-state index contributed by atoms with van der Waals surface area (Å²) in [5.74, 6) is 0.687. The van der Waals surface area contributed by atoms with E-state index in [1.807, 2.05) is 24.9 Å². The molecule has 0 atom stereocenters. The van der Waals surface area contributed by atoms with E-state index in [4.69, 9.17) is 10.1 Å². The van der Waals surface area contributed by atoms with E-state index in [2.05, 4.69) is 25.2 Å². The van der Waals surface area contributed by atoms with Crippen LogP contribution in [0.1, 0.15) is 54.9 Å². The molecule has 0 bridgehead atoms. The van der Waals surface area contributed by atoms with Crippen molar-refractivity contribution in [3.05, 3.63) is 64.6 Å². The maximum Gasteiger partial charge on any atom is 0.322 e. The van der Waals surface area contributed by atoms with Gasteiger partial charge in [-0.15, -0.1) is 0 Å². The van der Waals surface area contributed by atoms with Gasteiger partial charge >= 0.3 is 6.03 Å². The first-order valence-electron chi connectivity index (χ1n) is 11.3. The average Bonchev–Trinajstić information content (AvgIpc) is 3.61. The van der Waals surface area contributed by atoms with Gasteiger partial charge in [0.15, 0.2) is 0 Å². The number of methoxy groups -OCH3 is 1. The first-order valence-corrected chi connectivity index (χ1v) is 11.3. The molecule has 7 heteroatoms. The fourth-order valence-electron chi connectivity index (χ4n) is 3.90. The van der Waals surface area contributed by atoms with Gasteiger partial charge in [-0.3, -0.25) is 0 Å². The largest absolute Gasteiger partial charge is 0.496 e. The average molecular weight is 454 g/mol. The van der Waals surface area contributed by atoms with Gasteiger partial charge in [-0.05, 0) is 72.7 Å². The number of benzene rings is 2. The highest BCUT2D eigenvalue weighted by molar-refractivity contribution is 6.08. The first kappa shape index (κ1) is 24.5. The van der Waals surface area contributed by atoms with Crippen molar-refractivity contribution in [2.75, 3.05) is 19.5 Å². The molecular formula is C26H34FN4O2+. The van der Waals surface area contributed by atoms with Gasteiger partial charge in [0.2, 0.25) is 0 Å². The van der Waals surface area contributed by atoms with Crippen molar-refractivity contribution >= 4 is 23.5 Å². The van der Waals surface area contributed by atoms with E-state index in [1.54, 1.807) is 30.8 Å². The van der Waals surface area contributed by atoms with Crippen molar-refractivity contribution in [2.24, 2.45) is 0 Å². The number of ether oxygens (including phenoxy) is 1. The molecular weight excluding hydrogens is 419 g/mol. The number of allylic oxidation sites excluding steroid dienone is 1. The lowest BCUT2D eigenvalue weighted by molar-refractivity contribution is -0.555. The predicted molar refractivity (Wildman–Crippen MR) is 130 cm³/mol. The van der Waals surface area contributed by atoms with Crippen LogP contribution in [-0.2, 0) is 6.54 Å². The predicted octanol–water partition coefficient (Wildman–Crippen LogP) is 4.65. The molecule has 33 heavy (non-hydrogen) atoms. The van der Waals surface area contributed by atoms with Crippen LogP contribution in [0.15, 0.2) is 36.5 Å². The molecule has 2 aromatic carbocycles. The molecule has 2 aromatic rings. The number of anilines is 1. The van der Waals surface area contributed by atoms with Gasteiger partial charge in [0.1, 0.15) is 17.8 Å². The summed E-state index contributed by atoms with van der Waals surface area (Å²) < 4.78 is 20.2. The molecule has 0 spiro atoms. The first-order chi connectivity index (χ1) is 15.8. The molecule has 6 nitrogen and oxygen atoms in total. The zero-order chi connectivity index (χ0) is 24.1. The number of urea groups is 1. The molecule has 176 valence electrons. The van der Waals surface area contributed by atoms with E-state index in [1.165, 1.54) is 6.07 Å². The van der Waals surface area contributed by atoms with Crippen molar-refractivity contribution < 1.29 is 19.2 Å². The Labute approximate surface area is 195 Å². The van der Waals surface area contributed by atoms with Crippen LogP contribution in [0.2, 0.25) is 0 Å². The molecule has 0 unspecified atom stereocenters. The van der Waals surface area contributed by atoms with Crippen LogP contribution in [0.3, 0.4) is 0 Å². The van der Waals surface area contributed by atoms with Crippen LogP contribution in [0.4, 0.5) is 14.9 Å². The van der Waals surface area contributed by atoms with E-state index in [0.717, 1.165) is 41.5 Å². The summed E-state index contributed by atoms with van der Waals surface area (Å²) in [6.45, 7) is 6.76. The highest BCUT2D eigenvalue weighted by Gasteiger charge is 2.33. The highest BCUT2D eigenvalue weighted by Crippen LogP contribution is 2.33.